The van der Waals surface area contributed by atoms with E-state index >= 15 is 0 Å². The molecular weight excluding hydrogens is 721 g/mol. The van der Waals surface area contributed by atoms with Gasteiger partial charge in [-0.05, 0) is 118 Å². The zero-order chi connectivity index (χ0) is 40.6. The van der Waals surface area contributed by atoms with Crippen molar-refractivity contribution < 1.29 is 23.4 Å². The SMILES string of the molecule is COc1ccc(COC[C@@H](C)[C@@H]2C[C@@H](O[Si](c3ccccc3)(c3ccccc3)C(C)(C)C)C[C@H]3[C@@H]2C=C(C)C[C@H]3[C@H](COCc2ccc(OC)cc2)C(C)C)cc1. The Bertz CT molecular complexity index is 1790. The smallest absolute Gasteiger partial charge is 0.261 e. The van der Waals surface area contributed by atoms with E-state index in [1.54, 1.807) is 14.2 Å². The zero-order valence-corrected chi connectivity index (χ0v) is 37.1. The Balaban J connectivity index is 1.32. The third-order valence-electron chi connectivity index (χ3n) is 13.1. The van der Waals surface area contributed by atoms with Gasteiger partial charge in [0.2, 0.25) is 0 Å². The number of ether oxygens (including phenoxy) is 4. The lowest BCUT2D eigenvalue weighted by Gasteiger charge is -2.53. The molecule has 0 N–H and O–H groups in total. The number of fused-ring (bicyclic) bond motifs is 1. The molecule has 0 heterocycles. The summed E-state index contributed by atoms with van der Waals surface area (Å²) in [7, 11) is 0.644. The maximum absolute atomic E-state index is 8.04. The lowest BCUT2D eigenvalue weighted by Crippen LogP contribution is -2.68. The Kier molecular flexibility index (Phi) is 14.6. The molecule has 0 amide bonds. The summed E-state index contributed by atoms with van der Waals surface area (Å²) in [4.78, 5) is 0. The Morgan fingerprint density at radius 3 is 1.63 bits per heavy atom. The van der Waals surface area contributed by atoms with Crippen molar-refractivity contribution >= 4 is 18.7 Å². The summed E-state index contributed by atoms with van der Waals surface area (Å²) < 4.78 is 32.0. The second kappa shape index (κ2) is 19.4. The van der Waals surface area contributed by atoms with Gasteiger partial charge in [-0.2, -0.15) is 0 Å². The van der Waals surface area contributed by atoms with E-state index in [1.807, 2.05) is 24.3 Å². The van der Waals surface area contributed by atoms with Crippen LogP contribution in [0.2, 0.25) is 5.04 Å². The number of hydrogen-bond donors (Lipinski definition) is 0. The summed E-state index contributed by atoms with van der Waals surface area (Å²) in [6.07, 6.45) is 5.96. The van der Waals surface area contributed by atoms with Crippen molar-refractivity contribution in [3.8, 4) is 11.5 Å². The standard InChI is InChI=1S/C51H68O5Si/c1-36(2)50(35-55-34-40-22-26-42(53-9)27-23-40)48-29-37(3)28-47-46(38(4)32-54-33-39-20-24-41(52-8)25-21-39)30-43(31-49(47)48)56-57(51(5,6)7,44-16-12-10-13-17-44)45-18-14-11-15-19-45/h10-28,36,38,43,46-50H,29-35H2,1-9H3/t38-,43-,46+,47-,48-,49+,50-/m1/s1. The van der Waals surface area contributed by atoms with Gasteiger partial charge in [0.1, 0.15) is 11.5 Å². The van der Waals surface area contributed by atoms with E-state index in [0.29, 0.717) is 61.2 Å². The molecule has 4 aromatic rings. The minimum atomic E-state index is -2.78. The lowest BCUT2D eigenvalue weighted by molar-refractivity contribution is -0.0467. The van der Waals surface area contributed by atoms with Gasteiger partial charge in [0.25, 0.3) is 8.32 Å². The van der Waals surface area contributed by atoms with E-state index in [0.717, 1.165) is 37.4 Å². The molecule has 0 bridgehead atoms. The van der Waals surface area contributed by atoms with Crippen LogP contribution in [-0.4, -0.2) is 41.9 Å². The summed E-state index contributed by atoms with van der Waals surface area (Å²) in [6.45, 7) is 19.5. The van der Waals surface area contributed by atoms with Crippen LogP contribution in [0.1, 0.15) is 78.9 Å². The van der Waals surface area contributed by atoms with Crippen molar-refractivity contribution in [3.05, 3.63) is 132 Å². The minimum Gasteiger partial charge on any atom is -0.497 e. The van der Waals surface area contributed by atoms with Gasteiger partial charge in [0.15, 0.2) is 0 Å². The molecule has 2 aliphatic rings. The highest BCUT2D eigenvalue weighted by Gasteiger charge is 2.54. The normalized spacial score (nSPS) is 22.4. The fraction of sp³-hybridized carbons (Fsp3) is 0.490. The second-order valence-electron chi connectivity index (χ2n) is 18.3. The van der Waals surface area contributed by atoms with Gasteiger partial charge in [0.05, 0.1) is 34.0 Å². The van der Waals surface area contributed by atoms with Crippen LogP contribution in [0.5, 0.6) is 11.5 Å². The third-order valence-corrected chi connectivity index (χ3v) is 18.2. The highest BCUT2D eigenvalue weighted by atomic mass is 28.4. The largest absolute Gasteiger partial charge is 0.497 e. The van der Waals surface area contributed by atoms with E-state index in [1.165, 1.54) is 27.1 Å². The van der Waals surface area contributed by atoms with E-state index < -0.39 is 8.32 Å². The Morgan fingerprint density at radius 2 is 1.16 bits per heavy atom. The molecule has 5 nitrogen and oxygen atoms in total. The van der Waals surface area contributed by atoms with E-state index in [4.69, 9.17) is 23.4 Å². The molecule has 1 fully saturated rings. The van der Waals surface area contributed by atoms with Crippen LogP contribution in [-0.2, 0) is 27.1 Å². The average molecular weight is 789 g/mol. The fourth-order valence-electron chi connectivity index (χ4n) is 10.1. The van der Waals surface area contributed by atoms with Crippen LogP contribution in [0.15, 0.2) is 121 Å². The molecule has 0 aliphatic heterocycles. The Hall–Kier alpha value is -3.68. The molecule has 0 unspecified atom stereocenters. The molecule has 4 aromatic carbocycles. The highest BCUT2D eigenvalue weighted by Crippen LogP contribution is 2.53. The molecule has 1 saturated carbocycles. The van der Waals surface area contributed by atoms with Crippen molar-refractivity contribution in [2.24, 2.45) is 41.4 Å². The van der Waals surface area contributed by atoms with Crippen LogP contribution < -0.4 is 19.8 Å². The minimum absolute atomic E-state index is 0.0899. The Morgan fingerprint density at radius 1 is 0.649 bits per heavy atom. The first-order chi connectivity index (χ1) is 27.4. The zero-order valence-electron chi connectivity index (χ0n) is 36.1. The van der Waals surface area contributed by atoms with Gasteiger partial charge >= 0.3 is 0 Å². The topological polar surface area (TPSA) is 46.2 Å². The number of allylic oxidation sites excluding steroid dienone is 2. The number of rotatable bonds is 17. The van der Waals surface area contributed by atoms with Crippen molar-refractivity contribution in [1.82, 2.24) is 0 Å². The molecule has 7 atom stereocenters. The average Bonchev–Trinajstić information content (AvgIpc) is 3.21. The van der Waals surface area contributed by atoms with Crippen LogP contribution >= 0.6 is 0 Å². The highest BCUT2D eigenvalue weighted by molar-refractivity contribution is 6.99. The first-order valence-corrected chi connectivity index (χ1v) is 23.2. The predicted octanol–water partition coefficient (Wildman–Crippen LogP) is 10.9. The van der Waals surface area contributed by atoms with Crippen LogP contribution in [0.4, 0.5) is 0 Å². The monoisotopic (exact) mass is 788 g/mol. The van der Waals surface area contributed by atoms with Crippen LogP contribution in [0.25, 0.3) is 0 Å². The summed E-state index contributed by atoms with van der Waals surface area (Å²) in [5.74, 6) is 4.87. The van der Waals surface area contributed by atoms with Crippen LogP contribution in [0, 0.1) is 41.4 Å². The lowest BCUT2D eigenvalue weighted by atomic mass is 9.56. The maximum Gasteiger partial charge on any atom is 0.261 e. The summed E-state index contributed by atoms with van der Waals surface area (Å²) >= 11 is 0. The summed E-state index contributed by atoms with van der Waals surface area (Å²) in [5.41, 5.74) is 3.86. The third kappa shape index (κ3) is 10.1. The second-order valence-corrected chi connectivity index (χ2v) is 22.5. The molecule has 0 aromatic heterocycles. The molecule has 6 heteroatoms. The molecule has 2 aliphatic carbocycles. The summed E-state index contributed by atoms with van der Waals surface area (Å²) in [5, 5.41) is 2.61. The van der Waals surface area contributed by atoms with Gasteiger partial charge in [-0.25, -0.2) is 0 Å². The molecule has 0 saturated heterocycles. The van der Waals surface area contributed by atoms with Gasteiger partial charge in [-0.15, -0.1) is 0 Å². The maximum atomic E-state index is 8.04. The van der Waals surface area contributed by atoms with Crippen molar-refractivity contribution in [3.63, 3.8) is 0 Å². The predicted molar refractivity (Wildman–Crippen MR) is 237 cm³/mol. The fourth-order valence-corrected chi connectivity index (χ4v) is 14.8. The van der Waals surface area contributed by atoms with Gasteiger partial charge in [-0.3, -0.25) is 0 Å². The number of hydrogen-bond acceptors (Lipinski definition) is 5. The van der Waals surface area contributed by atoms with Crippen molar-refractivity contribution in [2.45, 2.75) is 92.1 Å². The Labute approximate surface area is 345 Å². The first-order valence-electron chi connectivity index (χ1n) is 21.3. The van der Waals surface area contributed by atoms with Gasteiger partial charge < -0.3 is 23.4 Å². The molecule has 57 heavy (non-hydrogen) atoms. The molecule has 0 spiro atoms. The van der Waals surface area contributed by atoms with Crippen molar-refractivity contribution in [2.75, 3.05) is 27.4 Å². The van der Waals surface area contributed by atoms with E-state index in [9.17, 15) is 0 Å². The molecule has 6 rings (SSSR count). The van der Waals surface area contributed by atoms with Crippen molar-refractivity contribution in [1.29, 1.82) is 0 Å². The molecule has 0 radical (unpaired) electrons. The first kappa shape index (κ1) is 42.9. The molecular formula is C51H68O5Si. The van der Waals surface area contributed by atoms with Gasteiger partial charge in [-0.1, -0.05) is 138 Å². The van der Waals surface area contributed by atoms with Gasteiger partial charge in [0, 0.05) is 12.7 Å². The number of methoxy groups -OCH3 is 2. The summed E-state index contributed by atoms with van der Waals surface area (Å²) in [6, 6.07) is 38.9. The van der Waals surface area contributed by atoms with E-state index in [2.05, 4.69) is 139 Å². The molecule has 306 valence electrons. The number of benzene rings is 4. The quantitative estimate of drug-likeness (QED) is 0.0788. The van der Waals surface area contributed by atoms with E-state index in [-0.39, 0.29) is 11.1 Å². The van der Waals surface area contributed by atoms with Crippen LogP contribution in [0.3, 0.4) is 0 Å².